The SMILES string of the molecule is O=C1NCC2(CCN(C(=O)c3cc(=O)c4ccccc4o3)CC2)O1. The number of nitrogens with zero attached hydrogens (tertiary/aromatic N) is 1. The molecular weight excluding hydrogens is 312 g/mol. The van der Waals surface area contributed by atoms with E-state index in [4.69, 9.17) is 9.15 Å². The summed E-state index contributed by atoms with van der Waals surface area (Å²) in [7, 11) is 0. The molecule has 7 nitrogen and oxygen atoms in total. The Labute approximate surface area is 137 Å². The molecule has 2 aliphatic heterocycles. The Morgan fingerprint density at radius 2 is 1.92 bits per heavy atom. The smallest absolute Gasteiger partial charge is 0.407 e. The fourth-order valence-corrected chi connectivity index (χ4v) is 3.26. The second-order valence-corrected chi connectivity index (χ2v) is 6.19. The lowest BCUT2D eigenvalue weighted by Gasteiger charge is -2.36. The molecular formula is C17H16N2O5. The van der Waals surface area contributed by atoms with E-state index in [0.29, 0.717) is 43.4 Å². The lowest BCUT2D eigenvalue weighted by Crippen LogP contribution is -2.48. The fourth-order valence-electron chi connectivity index (χ4n) is 3.26. The Hall–Kier alpha value is -2.83. The van der Waals surface area contributed by atoms with E-state index in [-0.39, 0.29) is 17.1 Å². The monoisotopic (exact) mass is 328 g/mol. The van der Waals surface area contributed by atoms with Crippen LogP contribution in [0.25, 0.3) is 11.0 Å². The second kappa shape index (κ2) is 5.36. The highest BCUT2D eigenvalue weighted by atomic mass is 16.6. The molecule has 1 N–H and O–H groups in total. The molecule has 2 aliphatic rings. The third-order valence-electron chi connectivity index (χ3n) is 4.67. The molecule has 0 bridgehead atoms. The first-order valence-electron chi connectivity index (χ1n) is 7.85. The first-order chi connectivity index (χ1) is 11.6. The molecule has 2 saturated heterocycles. The van der Waals surface area contributed by atoms with Crippen LogP contribution in [0.2, 0.25) is 0 Å². The normalized spacial score (nSPS) is 19.3. The summed E-state index contributed by atoms with van der Waals surface area (Å²) in [6, 6.07) is 8.09. The standard InChI is InChI=1S/C17H16N2O5/c20-12-9-14(23-13-4-2-1-3-11(12)13)15(21)19-7-5-17(6-8-19)10-18-16(22)24-17/h1-4,9H,5-8,10H2,(H,18,22). The van der Waals surface area contributed by atoms with Gasteiger partial charge in [-0.15, -0.1) is 0 Å². The number of amides is 2. The van der Waals surface area contributed by atoms with Crippen molar-refractivity contribution in [3.63, 3.8) is 0 Å². The number of hydrogen-bond donors (Lipinski definition) is 1. The number of fused-ring (bicyclic) bond motifs is 1. The van der Waals surface area contributed by atoms with Gasteiger partial charge in [0, 0.05) is 32.0 Å². The summed E-state index contributed by atoms with van der Waals surface area (Å²) >= 11 is 0. The van der Waals surface area contributed by atoms with Crippen LogP contribution in [0, 0.1) is 0 Å². The molecule has 3 heterocycles. The lowest BCUT2D eigenvalue weighted by atomic mass is 9.91. The Kier molecular flexibility index (Phi) is 3.30. The second-order valence-electron chi connectivity index (χ2n) is 6.19. The molecule has 24 heavy (non-hydrogen) atoms. The van der Waals surface area contributed by atoms with Crippen molar-refractivity contribution in [2.75, 3.05) is 19.6 Å². The average molecular weight is 328 g/mol. The van der Waals surface area contributed by atoms with E-state index in [1.165, 1.54) is 6.07 Å². The molecule has 1 aromatic carbocycles. The third-order valence-corrected chi connectivity index (χ3v) is 4.67. The van der Waals surface area contributed by atoms with E-state index in [2.05, 4.69) is 5.32 Å². The fraction of sp³-hybridized carbons (Fsp3) is 0.353. The summed E-state index contributed by atoms with van der Waals surface area (Å²) in [5, 5.41) is 3.11. The molecule has 0 saturated carbocycles. The van der Waals surface area contributed by atoms with Crippen molar-refractivity contribution in [3.8, 4) is 0 Å². The molecule has 2 fully saturated rings. The highest BCUT2D eigenvalue weighted by Gasteiger charge is 2.43. The van der Waals surface area contributed by atoms with Gasteiger partial charge in [-0.05, 0) is 12.1 Å². The number of rotatable bonds is 1. The zero-order valence-electron chi connectivity index (χ0n) is 12.9. The van der Waals surface area contributed by atoms with E-state index in [1.807, 2.05) is 0 Å². The molecule has 0 radical (unpaired) electrons. The van der Waals surface area contributed by atoms with Crippen molar-refractivity contribution in [1.82, 2.24) is 10.2 Å². The average Bonchev–Trinajstić information content (AvgIpc) is 2.95. The number of nitrogens with one attached hydrogen (secondary N) is 1. The summed E-state index contributed by atoms with van der Waals surface area (Å²) in [4.78, 5) is 37.6. The van der Waals surface area contributed by atoms with Crippen LogP contribution in [0.1, 0.15) is 23.4 Å². The van der Waals surface area contributed by atoms with Crippen LogP contribution in [-0.2, 0) is 4.74 Å². The minimum Gasteiger partial charge on any atom is -0.451 e. The van der Waals surface area contributed by atoms with Crippen molar-refractivity contribution in [1.29, 1.82) is 0 Å². The topological polar surface area (TPSA) is 88.9 Å². The van der Waals surface area contributed by atoms with E-state index in [1.54, 1.807) is 29.2 Å². The van der Waals surface area contributed by atoms with Crippen LogP contribution in [0.4, 0.5) is 4.79 Å². The molecule has 1 aromatic heterocycles. The number of likely N-dealkylation sites (tertiary alicyclic amines) is 1. The summed E-state index contributed by atoms with van der Waals surface area (Å²) < 4.78 is 10.9. The predicted molar refractivity (Wildman–Crippen MR) is 84.8 cm³/mol. The summed E-state index contributed by atoms with van der Waals surface area (Å²) in [5.74, 6) is -0.277. The zero-order chi connectivity index (χ0) is 16.7. The van der Waals surface area contributed by atoms with Crippen LogP contribution in [0.5, 0.6) is 0 Å². The molecule has 1 spiro atoms. The highest BCUT2D eigenvalue weighted by molar-refractivity contribution is 5.93. The number of hydrogen-bond acceptors (Lipinski definition) is 5. The van der Waals surface area contributed by atoms with Gasteiger partial charge in [0.25, 0.3) is 5.91 Å². The number of piperidine rings is 1. The number of carbonyl (C=O) groups is 2. The van der Waals surface area contributed by atoms with Gasteiger partial charge in [0.05, 0.1) is 11.9 Å². The summed E-state index contributed by atoms with van der Waals surface area (Å²) in [6.07, 6.45) is 0.722. The van der Waals surface area contributed by atoms with Gasteiger partial charge >= 0.3 is 6.09 Å². The van der Waals surface area contributed by atoms with Gasteiger partial charge in [0.15, 0.2) is 11.2 Å². The number of para-hydroxylation sites is 1. The maximum absolute atomic E-state index is 12.6. The summed E-state index contributed by atoms with van der Waals surface area (Å²) in [6.45, 7) is 1.37. The van der Waals surface area contributed by atoms with Crippen LogP contribution < -0.4 is 10.7 Å². The Morgan fingerprint density at radius 1 is 1.17 bits per heavy atom. The van der Waals surface area contributed by atoms with Crippen LogP contribution in [0.15, 0.2) is 39.5 Å². The highest BCUT2D eigenvalue weighted by Crippen LogP contribution is 2.29. The van der Waals surface area contributed by atoms with Crippen molar-refractivity contribution >= 4 is 23.0 Å². The van der Waals surface area contributed by atoms with Crippen LogP contribution >= 0.6 is 0 Å². The van der Waals surface area contributed by atoms with E-state index < -0.39 is 11.7 Å². The van der Waals surface area contributed by atoms with Gasteiger partial charge in [-0.25, -0.2) is 4.79 Å². The van der Waals surface area contributed by atoms with Crippen molar-refractivity contribution in [3.05, 3.63) is 46.3 Å². The van der Waals surface area contributed by atoms with Crippen molar-refractivity contribution in [2.24, 2.45) is 0 Å². The van der Waals surface area contributed by atoms with Crippen LogP contribution in [0.3, 0.4) is 0 Å². The van der Waals surface area contributed by atoms with E-state index in [0.717, 1.165) is 0 Å². The Balaban J connectivity index is 1.55. The Bertz CT molecular complexity index is 880. The molecule has 7 heteroatoms. The van der Waals surface area contributed by atoms with Gasteiger partial charge < -0.3 is 19.4 Å². The number of carbonyl (C=O) groups excluding carboxylic acids is 2. The number of benzene rings is 1. The lowest BCUT2D eigenvalue weighted by molar-refractivity contribution is 0.00245. The van der Waals surface area contributed by atoms with Crippen LogP contribution in [-0.4, -0.2) is 42.1 Å². The maximum Gasteiger partial charge on any atom is 0.407 e. The predicted octanol–water partition coefficient (Wildman–Crippen LogP) is 1.51. The van der Waals surface area contributed by atoms with E-state index in [9.17, 15) is 14.4 Å². The third kappa shape index (κ3) is 2.42. The molecule has 0 aliphatic carbocycles. The van der Waals surface area contributed by atoms with Crippen molar-refractivity contribution in [2.45, 2.75) is 18.4 Å². The zero-order valence-corrected chi connectivity index (χ0v) is 12.9. The van der Waals surface area contributed by atoms with Crippen molar-refractivity contribution < 1.29 is 18.7 Å². The Morgan fingerprint density at radius 3 is 2.62 bits per heavy atom. The first-order valence-corrected chi connectivity index (χ1v) is 7.85. The molecule has 124 valence electrons. The molecule has 4 rings (SSSR count). The molecule has 0 atom stereocenters. The minimum atomic E-state index is -0.516. The largest absolute Gasteiger partial charge is 0.451 e. The first kappa shape index (κ1) is 14.7. The maximum atomic E-state index is 12.6. The van der Waals surface area contributed by atoms with Gasteiger partial charge in [-0.3, -0.25) is 9.59 Å². The van der Waals surface area contributed by atoms with Gasteiger partial charge in [0.1, 0.15) is 11.2 Å². The molecule has 0 unspecified atom stereocenters. The van der Waals surface area contributed by atoms with Gasteiger partial charge in [0.2, 0.25) is 0 Å². The van der Waals surface area contributed by atoms with E-state index >= 15 is 0 Å². The number of ether oxygens (including phenoxy) is 1. The minimum absolute atomic E-state index is 0.0381. The quantitative estimate of drug-likeness (QED) is 0.857. The van der Waals surface area contributed by atoms with Gasteiger partial charge in [-0.1, -0.05) is 12.1 Å². The molecule has 2 amide bonds. The molecule has 2 aromatic rings. The summed E-state index contributed by atoms with van der Waals surface area (Å²) in [5.41, 5.74) is -0.351. The number of alkyl carbamates (subject to hydrolysis) is 1. The van der Waals surface area contributed by atoms with Gasteiger partial charge in [-0.2, -0.15) is 0 Å².